The minimum atomic E-state index is -0.00486. The summed E-state index contributed by atoms with van der Waals surface area (Å²) in [5.74, 6) is 2.32. The van der Waals surface area contributed by atoms with Gasteiger partial charge in [-0.2, -0.15) is 0 Å². The summed E-state index contributed by atoms with van der Waals surface area (Å²) in [5, 5.41) is 19.1. The van der Waals surface area contributed by atoms with E-state index in [1.807, 2.05) is 6.07 Å². The number of aromatic hydroxyl groups is 2. The molecule has 0 aromatic heterocycles. The van der Waals surface area contributed by atoms with Gasteiger partial charge in [-0.3, -0.25) is 0 Å². The topological polar surface area (TPSA) is 40.5 Å². The van der Waals surface area contributed by atoms with Crippen LogP contribution in [0.1, 0.15) is 56.4 Å². The Morgan fingerprint density at radius 1 is 0.833 bits per heavy atom. The van der Waals surface area contributed by atoms with Gasteiger partial charge in [0.25, 0.3) is 0 Å². The van der Waals surface area contributed by atoms with Crippen LogP contribution in [-0.2, 0) is 0 Å². The van der Waals surface area contributed by atoms with Crippen molar-refractivity contribution in [3.05, 3.63) is 23.8 Å². The molecule has 2 fully saturated rings. The van der Waals surface area contributed by atoms with Gasteiger partial charge in [0.2, 0.25) is 0 Å². The zero-order valence-corrected chi connectivity index (χ0v) is 10.8. The predicted molar refractivity (Wildman–Crippen MR) is 71.8 cm³/mol. The SMILES string of the molecule is Oc1ccc([C@H]2CCC[C@H]3CCCCC32)cc1O. The molecule has 0 aliphatic heterocycles. The van der Waals surface area contributed by atoms with Crippen LogP contribution in [0, 0.1) is 11.8 Å². The first-order valence-electron chi connectivity index (χ1n) is 7.27. The van der Waals surface area contributed by atoms with Gasteiger partial charge in [-0.1, -0.05) is 38.2 Å². The first-order chi connectivity index (χ1) is 8.75. The van der Waals surface area contributed by atoms with E-state index in [0.717, 1.165) is 11.8 Å². The Morgan fingerprint density at radius 2 is 1.61 bits per heavy atom. The van der Waals surface area contributed by atoms with Crippen molar-refractivity contribution < 1.29 is 10.2 Å². The number of phenolic OH excluding ortho intramolecular Hbond substituents is 2. The third-order valence-electron chi connectivity index (χ3n) is 5.00. The van der Waals surface area contributed by atoms with E-state index in [2.05, 4.69) is 0 Å². The van der Waals surface area contributed by atoms with Crippen LogP contribution < -0.4 is 0 Å². The zero-order valence-electron chi connectivity index (χ0n) is 10.8. The number of hydrogen-bond donors (Lipinski definition) is 2. The van der Waals surface area contributed by atoms with E-state index in [4.69, 9.17) is 0 Å². The van der Waals surface area contributed by atoms with Gasteiger partial charge in [-0.05, 0) is 48.3 Å². The molecule has 2 N–H and O–H groups in total. The van der Waals surface area contributed by atoms with Crippen molar-refractivity contribution in [2.24, 2.45) is 11.8 Å². The molecule has 1 aromatic carbocycles. The maximum atomic E-state index is 9.68. The summed E-state index contributed by atoms with van der Waals surface area (Å²) in [6.45, 7) is 0. The van der Waals surface area contributed by atoms with Gasteiger partial charge in [-0.15, -0.1) is 0 Å². The summed E-state index contributed by atoms with van der Waals surface area (Å²) in [6, 6.07) is 5.41. The van der Waals surface area contributed by atoms with Crippen LogP contribution in [0.5, 0.6) is 11.5 Å². The second kappa shape index (κ2) is 4.83. The largest absolute Gasteiger partial charge is 0.504 e. The molecule has 0 radical (unpaired) electrons. The third-order valence-corrected chi connectivity index (χ3v) is 5.00. The van der Waals surface area contributed by atoms with Crippen LogP contribution in [0.25, 0.3) is 0 Å². The fourth-order valence-electron chi connectivity index (χ4n) is 4.12. The normalized spacial score (nSPS) is 31.9. The van der Waals surface area contributed by atoms with Crippen molar-refractivity contribution in [1.82, 2.24) is 0 Å². The van der Waals surface area contributed by atoms with Crippen LogP contribution in [-0.4, -0.2) is 10.2 Å². The summed E-state index contributed by atoms with van der Waals surface area (Å²) in [7, 11) is 0. The van der Waals surface area contributed by atoms with Crippen molar-refractivity contribution in [2.75, 3.05) is 0 Å². The van der Waals surface area contributed by atoms with E-state index in [1.165, 1.54) is 50.5 Å². The molecule has 0 spiro atoms. The molecule has 2 nitrogen and oxygen atoms in total. The number of rotatable bonds is 1. The molecule has 18 heavy (non-hydrogen) atoms. The Labute approximate surface area is 109 Å². The molecule has 2 heteroatoms. The van der Waals surface area contributed by atoms with Crippen LogP contribution >= 0.6 is 0 Å². The molecule has 98 valence electrons. The van der Waals surface area contributed by atoms with Gasteiger partial charge < -0.3 is 10.2 Å². The van der Waals surface area contributed by atoms with Crippen molar-refractivity contribution >= 4 is 0 Å². The van der Waals surface area contributed by atoms with Crippen LogP contribution in [0.3, 0.4) is 0 Å². The number of hydrogen-bond acceptors (Lipinski definition) is 2. The van der Waals surface area contributed by atoms with Crippen molar-refractivity contribution in [1.29, 1.82) is 0 Å². The molecular weight excluding hydrogens is 224 g/mol. The maximum absolute atomic E-state index is 9.68. The van der Waals surface area contributed by atoms with Gasteiger partial charge >= 0.3 is 0 Å². The van der Waals surface area contributed by atoms with Crippen LogP contribution in [0.15, 0.2) is 18.2 Å². The number of phenols is 2. The Kier molecular flexibility index (Phi) is 3.19. The number of fused-ring (bicyclic) bond motifs is 1. The minimum absolute atomic E-state index is 0.00486. The average molecular weight is 246 g/mol. The van der Waals surface area contributed by atoms with E-state index >= 15 is 0 Å². The van der Waals surface area contributed by atoms with Gasteiger partial charge in [0.1, 0.15) is 0 Å². The molecule has 2 aliphatic rings. The smallest absolute Gasteiger partial charge is 0.157 e. The van der Waals surface area contributed by atoms with Gasteiger partial charge in [0.05, 0.1) is 0 Å². The molecule has 0 heterocycles. The molecule has 0 saturated heterocycles. The predicted octanol–water partition coefficient (Wildman–Crippen LogP) is 4.17. The molecule has 1 aromatic rings. The Hall–Kier alpha value is -1.18. The standard InChI is InChI=1S/C16H22O2/c17-15-9-8-12(10-16(15)18)14-7-3-5-11-4-1-2-6-13(11)14/h8-11,13-14,17-18H,1-7H2/t11-,13?,14-/m1/s1. The first-order valence-corrected chi connectivity index (χ1v) is 7.27. The first kappa shape index (κ1) is 11.9. The molecule has 1 unspecified atom stereocenters. The van der Waals surface area contributed by atoms with Crippen molar-refractivity contribution in [3.8, 4) is 11.5 Å². The highest BCUT2D eigenvalue weighted by atomic mass is 16.3. The lowest BCUT2D eigenvalue weighted by atomic mass is 9.64. The molecule has 3 atom stereocenters. The molecule has 2 saturated carbocycles. The van der Waals surface area contributed by atoms with E-state index in [0.29, 0.717) is 5.92 Å². The fourth-order valence-corrected chi connectivity index (χ4v) is 4.12. The summed E-state index contributed by atoms with van der Waals surface area (Å²) in [6.07, 6.45) is 9.45. The number of benzene rings is 1. The molecule has 2 aliphatic carbocycles. The molecule has 0 bridgehead atoms. The van der Waals surface area contributed by atoms with E-state index in [9.17, 15) is 10.2 Å². The monoisotopic (exact) mass is 246 g/mol. The Balaban J connectivity index is 1.87. The maximum Gasteiger partial charge on any atom is 0.157 e. The second-order valence-corrected chi connectivity index (χ2v) is 5.99. The fraction of sp³-hybridized carbons (Fsp3) is 0.625. The Bertz CT molecular complexity index is 425. The van der Waals surface area contributed by atoms with E-state index in [-0.39, 0.29) is 11.5 Å². The molecular formula is C16H22O2. The lowest BCUT2D eigenvalue weighted by Gasteiger charge is -2.41. The molecule has 3 rings (SSSR count). The average Bonchev–Trinajstić information content (AvgIpc) is 2.41. The van der Waals surface area contributed by atoms with Gasteiger partial charge in [-0.25, -0.2) is 0 Å². The minimum Gasteiger partial charge on any atom is -0.504 e. The van der Waals surface area contributed by atoms with E-state index in [1.54, 1.807) is 12.1 Å². The summed E-state index contributed by atoms with van der Waals surface area (Å²) >= 11 is 0. The van der Waals surface area contributed by atoms with Crippen LogP contribution in [0.4, 0.5) is 0 Å². The second-order valence-electron chi connectivity index (χ2n) is 5.99. The highest BCUT2D eigenvalue weighted by molar-refractivity contribution is 5.42. The summed E-state index contributed by atoms with van der Waals surface area (Å²) < 4.78 is 0. The van der Waals surface area contributed by atoms with Crippen molar-refractivity contribution in [2.45, 2.75) is 50.9 Å². The van der Waals surface area contributed by atoms with E-state index < -0.39 is 0 Å². The quantitative estimate of drug-likeness (QED) is 0.730. The summed E-state index contributed by atoms with van der Waals surface area (Å²) in [5.41, 5.74) is 1.22. The van der Waals surface area contributed by atoms with Crippen LogP contribution in [0.2, 0.25) is 0 Å². The zero-order chi connectivity index (χ0) is 12.5. The molecule has 0 amide bonds. The highest BCUT2D eigenvalue weighted by Crippen LogP contribution is 2.48. The lowest BCUT2D eigenvalue weighted by molar-refractivity contribution is 0.144. The highest BCUT2D eigenvalue weighted by Gasteiger charge is 2.35. The Morgan fingerprint density at radius 3 is 2.44 bits per heavy atom. The van der Waals surface area contributed by atoms with Gasteiger partial charge in [0.15, 0.2) is 11.5 Å². The third kappa shape index (κ3) is 2.09. The van der Waals surface area contributed by atoms with Gasteiger partial charge in [0, 0.05) is 0 Å². The lowest BCUT2D eigenvalue weighted by Crippen LogP contribution is -2.29. The van der Waals surface area contributed by atoms with Crippen molar-refractivity contribution in [3.63, 3.8) is 0 Å². The summed E-state index contributed by atoms with van der Waals surface area (Å²) in [4.78, 5) is 0.